The number of aliphatic carboxylic acids is 1. The molecule has 0 aromatic carbocycles. The molecule has 2 heterocycles. The molecule has 1 fully saturated rings. The number of amides is 1. The van der Waals surface area contributed by atoms with Crippen molar-refractivity contribution in [2.75, 3.05) is 13.1 Å². The summed E-state index contributed by atoms with van der Waals surface area (Å²) in [5, 5.41) is 8.79. The number of hydrogen-bond donors (Lipinski definition) is 1. The number of rotatable bonds is 4. The average Bonchev–Trinajstić information content (AvgIpc) is 2.95. The summed E-state index contributed by atoms with van der Waals surface area (Å²) in [7, 11) is 0. The van der Waals surface area contributed by atoms with Gasteiger partial charge in [0.15, 0.2) is 0 Å². The van der Waals surface area contributed by atoms with Crippen LogP contribution in [0.3, 0.4) is 0 Å². The molecule has 1 saturated heterocycles. The molecule has 5 heteroatoms. The molecule has 0 saturated carbocycles. The van der Waals surface area contributed by atoms with Crippen molar-refractivity contribution in [2.45, 2.75) is 26.7 Å². The van der Waals surface area contributed by atoms with E-state index < -0.39 is 5.97 Å². The SMILES string of the molecule is CC(C)C1CCN(C(=O)c2ccoc2CC(=O)O)C1. The lowest BCUT2D eigenvalue weighted by molar-refractivity contribution is -0.136. The van der Waals surface area contributed by atoms with E-state index in [4.69, 9.17) is 9.52 Å². The first-order chi connectivity index (χ1) is 8.99. The first kappa shape index (κ1) is 13.6. The van der Waals surface area contributed by atoms with Crippen molar-refractivity contribution >= 4 is 11.9 Å². The summed E-state index contributed by atoms with van der Waals surface area (Å²) in [5.74, 6) is 0.212. The molecule has 1 aliphatic heterocycles. The Bertz CT molecular complexity index is 478. The molecule has 0 bridgehead atoms. The molecule has 1 aromatic heterocycles. The number of nitrogens with zero attached hydrogens (tertiary/aromatic N) is 1. The monoisotopic (exact) mass is 265 g/mol. The standard InChI is InChI=1S/C14H19NO4/c1-9(2)10-3-5-15(8-10)14(18)11-4-6-19-12(11)7-13(16)17/h4,6,9-10H,3,5,7-8H2,1-2H3,(H,16,17). The van der Waals surface area contributed by atoms with Gasteiger partial charge in [0.05, 0.1) is 11.8 Å². The number of hydrogen-bond acceptors (Lipinski definition) is 3. The Labute approximate surface area is 112 Å². The third kappa shape index (κ3) is 2.97. The van der Waals surface area contributed by atoms with Crippen molar-refractivity contribution in [1.82, 2.24) is 4.90 Å². The van der Waals surface area contributed by atoms with E-state index in [0.717, 1.165) is 19.5 Å². The van der Waals surface area contributed by atoms with E-state index >= 15 is 0 Å². The second-order valence-electron chi connectivity index (χ2n) is 5.37. The van der Waals surface area contributed by atoms with Gasteiger partial charge in [-0.25, -0.2) is 0 Å². The number of carboxylic acids is 1. The van der Waals surface area contributed by atoms with Gasteiger partial charge in [-0.2, -0.15) is 0 Å². The zero-order chi connectivity index (χ0) is 14.0. The molecule has 0 radical (unpaired) electrons. The summed E-state index contributed by atoms with van der Waals surface area (Å²) >= 11 is 0. The van der Waals surface area contributed by atoms with Crippen LogP contribution >= 0.6 is 0 Å². The van der Waals surface area contributed by atoms with Crippen molar-refractivity contribution in [3.05, 3.63) is 23.7 Å². The molecule has 1 aromatic rings. The highest BCUT2D eigenvalue weighted by Gasteiger charge is 2.30. The van der Waals surface area contributed by atoms with E-state index in [-0.39, 0.29) is 18.1 Å². The second kappa shape index (κ2) is 5.47. The van der Waals surface area contributed by atoms with Crippen LogP contribution < -0.4 is 0 Å². The average molecular weight is 265 g/mol. The minimum absolute atomic E-state index is 0.117. The highest BCUT2D eigenvalue weighted by Crippen LogP contribution is 2.26. The molecular formula is C14H19NO4. The quantitative estimate of drug-likeness (QED) is 0.904. The fourth-order valence-corrected chi connectivity index (χ4v) is 2.49. The van der Waals surface area contributed by atoms with Gasteiger partial charge in [-0.1, -0.05) is 13.8 Å². The zero-order valence-corrected chi connectivity index (χ0v) is 11.3. The predicted octanol–water partition coefficient (Wildman–Crippen LogP) is 2.02. The maximum atomic E-state index is 12.4. The first-order valence-corrected chi connectivity index (χ1v) is 6.56. The lowest BCUT2D eigenvalue weighted by Gasteiger charge is -2.17. The molecule has 1 aliphatic rings. The molecule has 1 unspecified atom stereocenters. The summed E-state index contributed by atoms with van der Waals surface area (Å²) in [6.07, 6.45) is 2.13. The molecule has 1 N–H and O–H groups in total. The summed E-state index contributed by atoms with van der Waals surface area (Å²) in [6, 6.07) is 1.56. The van der Waals surface area contributed by atoms with Crippen LogP contribution in [0.4, 0.5) is 0 Å². The van der Waals surface area contributed by atoms with E-state index in [1.165, 1.54) is 6.26 Å². The molecule has 0 spiro atoms. The second-order valence-corrected chi connectivity index (χ2v) is 5.37. The molecule has 104 valence electrons. The van der Waals surface area contributed by atoms with Crippen LogP contribution in [-0.2, 0) is 11.2 Å². The fourth-order valence-electron chi connectivity index (χ4n) is 2.49. The molecule has 1 amide bonds. The number of furan rings is 1. The van der Waals surface area contributed by atoms with Gasteiger partial charge in [0.2, 0.25) is 0 Å². The number of carbonyl (C=O) groups excluding carboxylic acids is 1. The van der Waals surface area contributed by atoms with Crippen molar-refractivity contribution in [2.24, 2.45) is 11.8 Å². The normalized spacial score (nSPS) is 19.1. The Morgan fingerprint density at radius 2 is 2.26 bits per heavy atom. The van der Waals surface area contributed by atoms with E-state index in [1.807, 2.05) is 0 Å². The van der Waals surface area contributed by atoms with Crippen LogP contribution in [0.15, 0.2) is 16.7 Å². The van der Waals surface area contributed by atoms with Crippen LogP contribution in [0.5, 0.6) is 0 Å². The third-order valence-electron chi connectivity index (χ3n) is 3.74. The molecule has 19 heavy (non-hydrogen) atoms. The highest BCUT2D eigenvalue weighted by molar-refractivity contribution is 5.96. The lowest BCUT2D eigenvalue weighted by atomic mass is 9.95. The molecular weight excluding hydrogens is 246 g/mol. The largest absolute Gasteiger partial charge is 0.481 e. The first-order valence-electron chi connectivity index (χ1n) is 6.56. The summed E-state index contributed by atoms with van der Waals surface area (Å²) in [6.45, 7) is 5.80. The minimum Gasteiger partial charge on any atom is -0.481 e. The summed E-state index contributed by atoms with van der Waals surface area (Å²) in [4.78, 5) is 24.9. The van der Waals surface area contributed by atoms with Crippen LogP contribution in [-0.4, -0.2) is 35.0 Å². The molecule has 0 aliphatic carbocycles. The van der Waals surface area contributed by atoms with Crippen molar-refractivity contribution < 1.29 is 19.1 Å². The van der Waals surface area contributed by atoms with E-state index in [9.17, 15) is 9.59 Å². The van der Waals surface area contributed by atoms with Crippen molar-refractivity contribution in [3.8, 4) is 0 Å². The Morgan fingerprint density at radius 1 is 1.53 bits per heavy atom. The van der Waals surface area contributed by atoms with Crippen LogP contribution in [0.25, 0.3) is 0 Å². The van der Waals surface area contributed by atoms with Gasteiger partial charge in [-0.15, -0.1) is 0 Å². The van der Waals surface area contributed by atoms with Gasteiger partial charge < -0.3 is 14.4 Å². The van der Waals surface area contributed by atoms with Gasteiger partial charge in [0, 0.05) is 13.1 Å². The maximum absolute atomic E-state index is 12.4. The minimum atomic E-state index is -0.995. The third-order valence-corrected chi connectivity index (χ3v) is 3.74. The molecule has 1 atom stereocenters. The van der Waals surface area contributed by atoms with Crippen LogP contribution in [0.1, 0.15) is 36.4 Å². The highest BCUT2D eigenvalue weighted by atomic mass is 16.4. The Kier molecular flexibility index (Phi) is 3.93. The van der Waals surface area contributed by atoms with Crippen LogP contribution in [0.2, 0.25) is 0 Å². The lowest BCUT2D eigenvalue weighted by Crippen LogP contribution is -2.29. The van der Waals surface area contributed by atoms with Gasteiger partial charge in [0.25, 0.3) is 5.91 Å². The molecule has 5 nitrogen and oxygen atoms in total. The van der Waals surface area contributed by atoms with E-state index in [0.29, 0.717) is 17.4 Å². The number of carboxylic acid groups (broad SMARTS) is 1. The topological polar surface area (TPSA) is 70.8 Å². The van der Waals surface area contributed by atoms with Gasteiger partial charge in [-0.3, -0.25) is 9.59 Å². The predicted molar refractivity (Wildman–Crippen MR) is 68.9 cm³/mol. The number of likely N-dealkylation sites (tertiary alicyclic amines) is 1. The Balaban J connectivity index is 2.08. The van der Waals surface area contributed by atoms with Crippen molar-refractivity contribution in [3.63, 3.8) is 0 Å². The van der Waals surface area contributed by atoms with Gasteiger partial charge >= 0.3 is 5.97 Å². The smallest absolute Gasteiger partial charge is 0.311 e. The van der Waals surface area contributed by atoms with Gasteiger partial charge in [0.1, 0.15) is 12.2 Å². The van der Waals surface area contributed by atoms with E-state index in [2.05, 4.69) is 13.8 Å². The van der Waals surface area contributed by atoms with Crippen LogP contribution in [0, 0.1) is 11.8 Å². The van der Waals surface area contributed by atoms with E-state index in [1.54, 1.807) is 11.0 Å². The number of carbonyl (C=O) groups is 2. The summed E-state index contributed by atoms with van der Waals surface area (Å²) < 4.78 is 5.10. The fraction of sp³-hybridized carbons (Fsp3) is 0.571. The zero-order valence-electron chi connectivity index (χ0n) is 11.3. The maximum Gasteiger partial charge on any atom is 0.311 e. The Morgan fingerprint density at radius 3 is 2.84 bits per heavy atom. The van der Waals surface area contributed by atoms with Gasteiger partial charge in [-0.05, 0) is 24.3 Å². The molecule has 2 rings (SSSR count). The Hall–Kier alpha value is -1.78. The van der Waals surface area contributed by atoms with Crippen molar-refractivity contribution in [1.29, 1.82) is 0 Å². The summed E-state index contributed by atoms with van der Waals surface area (Å²) in [5.41, 5.74) is 0.381.